The van der Waals surface area contributed by atoms with Gasteiger partial charge >= 0.3 is 5.97 Å². The first-order chi connectivity index (χ1) is 15.8. The van der Waals surface area contributed by atoms with Gasteiger partial charge in [-0.2, -0.15) is 0 Å². The fourth-order valence-electron chi connectivity index (χ4n) is 5.09. The summed E-state index contributed by atoms with van der Waals surface area (Å²) < 4.78 is 5.83. The van der Waals surface area contributed by atoms with Crippen molar-refractivity contribution in [1.29, 1.82) is 0 Å². The number of allylic oxidation sites excluding steroid dienone is 1. The zero-order chi connectivity index (χ0) is 23.5. The molecule has 2 heterocycles. The third-order valence-corrected chi connectivity index (χ3v) is 7.26. The lowest BCUT2D eigenvalue weighted by atomic mass is 9.63. The summed E-state index contributed by atoms with van der Waals surface area (Å²) in [7, 11) is 1.22. The normalized spacial score (nSPS) is 21.8. The number of anilines is 2. The number of esters is 1. The first-order valence-corrected chi connectivity index (χ1v) is 11.5. The van der Waals surface area contributed by atoms with Crippen LogP contribution in [0.25, 0.3) is 0 Å². The van der Waals surface area contributed by atoms with Gasteiger partial charge in [0.25, 0.3) is 0 Å². The third kappa shape index (κ3) is 2.90. The van der Waals surface area contributed by atoms with Crippen molar-refractivity contribution in [3.63, 3.8) is 0 Å². The molecule has 1 atom stereocenters. The molecule has 0 aromatic heterocycles. The van der Waals surface area contributed by atoms with Crippen LogP contribution in [-0.4, -0.2) is 24.8 Å². The lowest BCUT2D eigenvalue weighted by Crippen LogP contribution is -2.53. The molecule has 0 saturated heterocycles. The maximum absolute atomic E-state index is 13.7. The number of rotatable bonds is 2. The quantitative estimate of drug-likeness (QED) is 0.568. The Bertz CT molecular complexity index is 1320. The van der Waals surface area contributed by atoms with Crippen molar-refractivity contribution in [2.45, 2.75) is 24.7 Å². The average molecular weight is 529 g/mol. The second-order valence-corrected chi connectivity index (χ2v) is 9.32. The molecule has 7 nitrogen and oxygen atoms in total. The lowest BCUT2D eigenvalue weighted by molar-refractivity contribution is -0.138. The summed E-state index contributed by atoms with van der Waals surface area (Å²) in [6, 6.07) is 12.2. The van der Waals surface area contributed by atoms with E-state index in [4.69, 9.17) is 22.1 Å². The second-order valence-electron chi connectivity index (χ2n) is 8.03. The molecule has 2 aliphatic heterocycles. The number of ketones is 1. The molecule has 2 aromatic carbocycles. The fourth-order valence-corrected chi connectivity index (χ4v) is 5.72. The predicted molar refractivity (Wildman–Crippen MR) is 127 cm³/mol. The average Bonchev–Trinajstić information content (AvgIpc) is 3.06. The van der Waals surface area contributed by atoms with Gasteiger partial charge in [-0.25, -0.2) is 4.79 Å². The molecular weight excluding hydrogens is 510 g/mol. The van der Waals surface area contributed by atoms with Crippen LogP contribution in [0, 0.1) is 0 Å². The van der Waals surface area contributed by atoms with Crippen LogP contribution in [0.2, 0.25) is 5.02 Å². The number of hydrogen-bond acceptors (Lipinski definition) is 6. The summed E-state index contributed by atoms with van der Waals surface area (Å²) in [4.78, 5) is 42.2. The van der Waals surface area contributed by atoms with E-state index in [1.54, 1.807) is 23.1 Å². The van der Waals surface area contributed by atoms with E-state index in [-0.39, 0.29) is 29.2 Å². The highest BCUT2D eigenvalue weighted by Crippen LogP contribution is 2.56. The highest BCUT2D eigenvalue weighted by molar-refractivity contribution is 9.10. The predicted octanol–water partition coefficient (Wildman–Crippen LogP) is 4.16. The Labute approximate surface area is 203 Å². The largest absolute Gasteiger partial charge is 0.466 e. The Morgan fingerprint density at radius 3 is 2.70 bits per heavy atom. The zero-order valence-corrected chi connectivity index (χ0v) is 19.9. The number of benzene rings is 2. The molecule has 1 amide bonds. The molecule has 168 valence electrons. The van der Waals surface area contributed by atoms with Crippen molar-refractivity contribution in [3.8, 4) is 0 Å². The van der Waals surface area contributed by atoms with Gasteiger partial charge in [0.05, 0.1) is 12.8 Å². The zero-order valence-electron chi connectivity index (χ0n) is 17.6. The highest BCUT2D eigenvalue weighted by atomic mass is 79.9. The number of ether oxygens (including phenoxy) is 1. The molecule has 1 aliphatic carbocycles. The van der Waals surface area contributed by atoms with Gasteiger partial charge in [0.2, 0.25) is 5.91 Å². The van der Waals surface area contributed by atoms with Gasteiger partial charge in [-0.1, -0.05) is 23.7 Å². The third-order valence-electron chi connectivity index (χ3n) is 6.36. The topological polar surface area (TPSA) is 102 Å². The molecule has 5 rings (SSSR count). The lowest BCUT2D eigenvalue weighted by Gasteiger charge is -2.44. The van der Waals surface area contributed by atoms with E-state index in [0.29, 0.717) is 40.5 Å². The van der Waals surface area contributed by atoms with E-state index in [0.717, 1.165) is 4.47 Å². The Morgan fingerprint density at radius 2 is 1.97 bits per heavy atom. The number of carbonyl (C=O) groups excluding carboxylic acids is 3. The van der Waals surface area contributed by atoms with Crippen molar-refractivity contribution in [3.05, 3.63) is 80.2 Å². The highest BCUT2D eigenvalue weighted by Gasteiger charge is 2.62. The monoisotopic (exact) mass is 527 g/mol. The Balaban J connectivity index is 1.94. The molecule has 9 heteroatoms. The molecule has 2 aromatic rings. The molecule has 1 unspecified atom stereocenters. The van der Waals surface area contributed by atoms with Gasteiger partial charge in [-0.15, -0.1) is 0 Å². The number of nitrogens with one attached hydrogen (secondary N) is 1. The number of Topliss-reactive ketones (excluding diaryl/α,β-unsaturated/α-hetero) is 1. The maximum Gasteiger partial charge on any atom is 0.339 e. The first-order valence-electron chi connectivity index (χ1n) is 10.3. The summed E-state index contributed by atoms with van der Waals surface area (Å²) in [5.41, 5.74) is 7.20. The summed E-state index contributed by atoms with van der Waals surface area (Å²) in [6.45, 7) is 0. The number of para-hydroxylation sites is 1. The van der Waals surface area contributed by atoms with Crippen molar-refractivity contribution in [2.75, 3.05) is 17.3 Å². The number of nitrogens with zero attached hydrogens (tertiary/aromatic N) is 1. The molecule has 3 aliphatic rings. The van der Waals surface area contributed by atoms with Crippen LogP contribution in [0.5, 0.6) is 0 Å². The van der Waals surface area contributed by atoms with Gasteiger partial charge < -0.3 is 15.8 Å². The summed E-state index contributed by atoms with van der Waals surface area (Å²) in [6.07, 6.45) is 1.35. The molecule has 1 spiro atoms. The number of amides is 1. The molecule has 0 fully saturated rings. The molecule has 33 heavy (non-hydrogen) atoms. The number of methoxy groups -OCH3 is 1. The van der Waals surface area contributed by atoms with E-state index in [1.807, 2.05) is 24.3 Å². The van der Waals surface area contributed by atoms with Crippen LogP contribution in [-0.2, 0) is 24.5 Å². The van der Waals surface area contributed by atoms with Gasteiger partial charge in [-0.3, -0.25) is 14.5 Å². The molecule has 3 N–H and O–H groups in total. The molecular formula is C24H19BrClN3O4. The van der Waals surface area contributed by atoms with Crippen LogP contribution >= 0.6 is 27.5 Å². The van der Waals surface area contributed by atoms with E-state index in [1.165, 1.54) is 7.11 Å². The Kier molecular flexibility index (Phi) is 5.10. The number of nitrogens with two attached hydrogens (primary N) is 1. The SMILES string of the molecule is COC(=O)C1=C(N)N(c2ccccc2Br)C2=C(C(=O)CCC2)C12C(=O)Nc1ccc(Cl)cc12. The van der Waals surface area contributed by atoms with Gasteiger partial charge in [0.1, 0.15) is 16.8 Å². The fraction of sp³-hybridized carbons (Fsp3) is 0.208. The van der Waals surface area contributed by atoms with Crippen molar-refractivity contribution in [2.24, 2.45) is 5.73 Å². The standard InChI is InChI=1S/C24H19BrClN3O4/c1-33-22(31)20-21(27)29(16-6-3-2-5-14(16)25)17-7-4-8-18(30)19(17)24(20)13-11-12(26)9-10-15(13)28-23(24)32/h2-3,5-6,9-11H,4,7-8,27H2,1H3,(H,28,32). The minimum atomic E-state index is -1.75. The van der Waals surface area contributed by atoms with Crippen LogP contribution in [0.15, 0.2) is 69.6 Å². The Morgan fingerprint density at radius 1 is 1.21 bits per heavy atom. The van der Waals surface area contributed by atoms with Gasteiger partial charge in [0.15, 0.2) is 5.78 Å². The van der Waals surface area contributed by atoms with Gasteiger partial charge in [0, 0.05) is 38.4 Å². The summed E-state index contributed by atoms with van der Waals surface area (Å²) in [5, 5.41) is 3.19. The number of fused-ring (bicyclic) bond motifs is 3. The van der Waals surface area contributed by atoms with E-state index in [9.17, 15) is 14.4 Å². The molecule has 0 radical (unpaired) electrons. The molecule has 0 saturated carbocycles. The van der Waals surface area contributed by atoms with Gasteiger partial charge in [-0.05, 0) is 59.1 Å². The van der Waals surface area contributed by atoms with Crippen molar-refractivity contribution >= 4 is 56.6 Å². The van der Waals surface area contributed by atoms with Crippen LogP contribution < -0.4 is 16.0 Å². The second kappa shape index (κ2) is 7.74. The van der Waals surface area contributed by atoms with Crippen LogP contribution in [0.4, 0.5) is 11.4 Å². The Hall–Kier alpha value is -3.10. The van der Waals surface area contributed by atoms with Crippen molar-refractivity contribution in [1.82, 2.24) is 0 Å². The number of hydrogen-bond donors (Lipinski definition) is 2. The van der Waals surface area contributed by atoms with E-state index in [2.05, 4.69) is 21.2 Å². The van der Waals surface area contributed by atoms with Crippen LogP contribution in [0.3, 0.4) is 0 Å². The minimum absolute atomic E-state index is 0.0326. The van der Waals surface area contributed by atoms with E-state index < -0.39 is 17.3 Å². The van der Waals surface area contributed by atoms with Crippen molar-refractivity contribution < 1.29 is 19.1 Å². The smallest absolute Gasteiger partial charge is 0.339 e. The summed E-state index contributed by atoms with van der Waals surface area (Å²) in [5.74, 6) is -1.51. The molecule has 0 bridgehead atoms. The maximum atomic E-state index is 13.7. The number of halogens is 2. The minimum Gasteiger partial charge on any atom is -0.466 e. The number of carbonyl (C=O) groups is 3. The van der Waals surface area contributed by atoms with Crippen LogP contribution in [0.1, 0.15) is 24.8 Å². The first kappa shape index (κ1) is 21.7. The van der Waals surface area contributed by atoms with E-state index >= 15 is 0 Å². The summed E-state index contributed by atoms with van der Waals surface area (Å²) >= 11 is 9.85.